The average molecular weight is 460 g/mol. The van der Waals surface area contributed by atoms with Gasteiger partial charge >= 0.3 is 0 Å². The molecule has 1 saturated heterocycles. The van der Waals surface area contributed by atoms with Gasteiger partial charge in [-0.2, -0.15) is 0 Å². The van der Waals surface area contributed by atoms with Crippen molar-refractivity contribution in [2.24, 2.45) is 5.92 Å². The lowest BCUT2D eigenvalue weighted by Crippen LogP contribution is -2.46. The first-order valence-corrected chi connectivity index (χ1v) is 11.0. The van der Waals surface area contributed by atoms with E-state index in [2.05, 4.69) is 46.6 Å². The zero-order valence-electron chi connectivity index (χ0n) is 16.0. The molecular weight excluding hydrogens is 431 g/mol. The van der Waals surface area contributed by atoms with E-state index in [0.29, 0.717) is 6.04 Å². The second-order valence-electron chi connectivity index (χ2n) is 7.37. The topological polar surface area (TPSA) is 15.3 Å². The molecule has 1 heterocycles. The number of benzene rings is 2. The fraction of sp³-hybridized carbons (Fsp3) is 0.455. The van der Waals surface area contributed by atoms with Crippen LogP contribution in [0.5, 0.6) is 0 Å². The van der Waals surface area contributed by atoms with Crippen molar-refractivity contribution in [3.05, 3.63) is 59.1 Å². The Morgan fingerprint density at radius 1 is 0.929 bits per heavy atom. The van der Waals surface area contributed by atoms with Gasteiger partial charge in [0.1, 0.15) is 0 Å². The molecule has 1 N–H and O–H groups in total. The van der Waals surface area contributed by atoms with Crippen molar-refractivity contribution < 1.29 is 0 Å². The number of hydrogen-bond acceptors (Lipinski definition) is 3. The van der Waals surface area contributed by atoms with Crippen LogP contribution in [0, 0.1) is 5.92 Å². The van der Waals surface area contributed by atoms with Crippen molar-refractivity contribution in [2.75, 3.05) is 26.2 Å². The zero-order valence-corrected chi connectivity index (χ0v) is 19.2. The van der Waals surface area contributed by atoms with Crippen LogP contribution in [-0.2, 0) is 0 Å². The maximum Gasteiger partial charge on any atom is 0.0406 e. The first-order valence-electron chi connectivity index (χ1n) is 9.78. The van der Waals surface area contributed by atoms with E-state index in [1.165, 1.54) is 41.0 Å². The largest absolute Gasteiger partial charge is 0.314 e. The van der Waals surface area contributed by atoms with Gasteiger partial charge in [0.05, 0.1) is 0 Å². The van der Waals surface area contributed by atoms with Crippen molar-refractivity contribution in [3.63, 3.8) is 0 Å². The minimum Gasteiger partial charge on any atom is -0.314 e. The molecule has 2 aliphatic rings. The van der Waals surface area contributed by atoms with Crippen molar-refractivity contribution in [1.29, 1.82) is 0 Å². The summed E-state index contributed by atoms with van der Waals surface area (Å²) in [7, 11) is 0. The van der Waals surface area contributed by atoms with Crippen LogP contribution in [0.15, 0.2) is 58.3 Å². The van der Waals surface area contributed by atoms with Crippen molar-refractivity contribution in [3.8, 4) is 0 Å². The highest BCUT2D eigenvalue weighted by Crippen LogP contribution is 2.44. The minimum absolute atomic E-state index is 0. The summed E-state index contributed by atoms with van der Waals surface area (Å²) in [6.07, 6.45) is 5.52. The maximum atomic E-state index is 6.06. The first-order chi connectivity index (χ1) is 12.8. The number of hydrogen-bond donors (Lipinski definition) is 1. The molecule has 4 rings (SSSR count). The molecule has 0 spiro atoms. The van der Waals surface area contributed by atoms with Crippen LogP contribution < -0.4 is 5.32 Å². The Balaban J connectivity index is 0.00000140. The molecule has 154 valence electrons. The third-order valence-electron chi connectivity index (χ3n) is 5.67. The van der Waals surface area contributed by atoms with Gasteiger partial charge in [-0.25, -0.2) is 0 Å². The number of halogens is 3. The summed E-state index contributed by atoms with van der Waals surface area (Å²) in [6.45, 7) is 4.52. The molecule has 2 fully saturated rings. The van der Waals surface area contributed by atoms with E-state index in [-0.39, 0.29) is 24.8 Å². The molecule has 1 atom stereocenters. The van der Waals surface area contributed by atoms with Crippen LogP contribution in [0.25, 0.3) is 0 Å². The summed E-state index contributed by atoms with van der Waals surface area (Å²) in [5.74, 6) is 0.792. The van der Waals surface area contributed by atoms with Crippen molar-refractivity contribution in [2.45, 2.75) is 41.5 Å². The first kappa shape index (κ1) is 23.9. The summed E-state index contributed by atoms with van der Waals surface area (Å²) in [5.41, 5.74) is 1.52. The standard InChI is InChI=1S/C22H27ClN2S.2ClH/c23-18-9-11-19(12-10-18)26-21-8-4-3-7-20(21)22(17-5-1-2-6-17)25-15-13-24-14-16-25;;/h3-4,7-12,17,22,24H,1-2,5-6,13-16H2;2*1H/t22-;;/m1../s1. The third-order valence-corrected chi connectivity index (χ3v) is 7.02. The van der Waals surface area contributed by atoms with E-state index >= 15 is 0 Å². The predicted molar refractivity (Wildman–Crippen MR) is 126 cm³/mol. The molecule has 2 aromatic carbocycles. The number of piperazine rings is 1. The molecule has 1 aliphatic carbocycles. The second-order valence-corrected chi connectivity index (χ2v) is 8.92. The Morgan fingerprint density at radius 3 is 2.25 bits per heavy atom. The summed E-state index contributed by atoms with van der Waals surface area (Å²) >= 11 is 7.94. The van der Waals surface area contributed by atoms with Crippen LogP contribution in [0.2, 0.25) is 5.02 Å². The van der Waals surface area contributed by atoms with Gasteiger partial charge in [0, 0.05) is 47.0 Å². The van der Waals surface area contributed by atoms with Crippen LogP contribution >= 0.6 is 48.2 Å². The van der Waals surface area contributed by atoms with E-state index in [4.69, 9.17) is 11.6 Å². The SMILES string of the molecule is Cl.Cl.Clc1ccc(Sc2ccccc2[C@@H](C2CCCC2)N2CCNCC2)cc1. The quantitative estimate of drug-likeness (QED) is 0.551. The fourth-order valence-corrected chi connectivity index (χ4v) is 5.53. The highest BCUT2D eigenvalue weighted by molar-refractivity contribution is 7.99. The number of nitrogens with one attached hydrogen (secondary N) is 1. The lowest BCUT2D eigenvalue weighted by Gasteiger charge is -2.39. The highest BCUT2D eigenvalue weighted by Gasteiger charge is 2.33. The molecule has 0 bridgehead atoms. The molecule has 2 aromatic rings. The summed E-state index contributed by atoms with van der Waals surface area (Å²) < 4.78 is 0. The van der Waals surface area contributed by atoms with Gasteiger partial charge in [-0.1, -0.05) is 54.4 Å². The van der Waals surface area contributed by atoms with E-state index in [0.717, 1.165) is 37.1 Å². The van der Waals surface area contributed by atoms with Crippen LogP contribution in [-0.4, -0.2) is 31.1 Å². The Kier molecular flexibility index (Phi) is 9.96. The molecule has 0 unspecified atom stereocenters. The van der Waals surface area contributed by atoms with Crippen molar-refractivity contribution in [1.82, 2.24) is 10.2 Å². The van der Waals surface area contributed by atoms with E-state index in [9.17, 15) is 0 Å². The van der Waals surface area contributed by atoms with Gasteiger partial charge in [-0.05, 0) is 54.7 Å². The Labute approximate surface area is 190 Å². The van der Waals surface area contributed by atoms with E-state index < -0.39 is 0 Å². The molecule has 6 heteroatoms. The third kappa shape index (κ3) is 5.81. The van der Waals surface area contributed by atoms with E-state index in [1.54, 1.807) is 0 Å². The Bertz CT molecular complexity index is 714. The molecule has 0 amide bonds. The average Bonchev–Trinajstić information content (AvgIpc) is 3.20. The van der Waals surface area contributed by atoms with Gasteiger partial charge < -0.3 is 5.32 Å². The lowest BCUT2D eigenvalue weighted by atomic mass is 9.89. The van der Waals surface area contributed by atoms with Crippen LogP contribution in [0.4, 0.5) is 0 Å². The van der Waals surface area contributed by atoms with Gasteiger partial charge in [-0.15, -0.1) is 24.8 Å². The van der Waals surface area contributed by atoms with Gasteiger partial charge in [0.15, 0.2) is 0 Å². The molecule has 2 nitrogen and oxygen atoms in total. The normalized spacial score (nSPS) is 18.9. The minimum atomic E-state index is 0. The van der Waals surface area contributed by atoms with Gasteiger partial charge in [0.25, 0.3) is 0 Å². The highest BCUT2D eigenvalue weighted by atomic mass is 35.5. The second kappa shape index (κ2) is 11.7. The zero-order chi connectivity index (χ0) is 17.8. The smallest absolute Gasteiger partial charge is 0.0406 e. The molecule has 0 aromatic heterocycles. The Morgan fingerprint density at radius 2 is 1.57 bits per heavy atom. The number of nitrogens with zero attached hydrogens (tertiary/aromatic N) is 1. The summed E-state index contributed by atoms with van der Waals surface area (Å²) in [5, 5.41) is 4.31. The maximum absolute atomic E-state index is 6.06. The Hall–Kier alpha value is -0.420. The van der Waals surface area contributed by atoms with Crippen molar-refractivity contribution >= 4 is 48.2 Å². The molecule has 0 radical (unpaired) electrons. The predicted octanol–water partition coefficient (Wildman–Crippen LogP) is 6.47. The number of rotatable bonds is 5. The van der Waals surface area contributed by atoms with Gasteiger partial charge in [-0.3, -0.25) is 4.90 Å². The van der Waals surface area contributed by atoms with Crippen LogP contribution in [0.3, 0.4) is 0 Å². The lowest BCUT2D eigenvalue weighted by molar-refractivity contribution is 0.123. The molecular formula is C22H29Cl3N2S. The monoisotopic (exact) mass is 458 g/mol. The van der Waals surface area contributed by atoms with Crippen LogP contribution in [0.1, 0.15) is 37.3 Å². The molecule has 1 saturated carbocycles. The van der Waals surface area contributed by atoms with E-state index in [1.807, 2.05) is 23.9 Å². The fourth-order valence-electron chi connectivity index (χ4n) is 4.43. The summed E-state index contributed by atoms with van der Waals surface area (Å²) in [6, 6.07) is 17.8. The van der Waals surface area contributed by atoms with Gasteiger partial charge in [0.2, 0.25) is 0 Å². The molecule has 28 heavy (non-hydrogen) atoms. The molecule has 1 aliphatic heterocycles. The summed E-state index contributed by atoms with van der Waals surface area (Å²) in [4.78, 5) is 5.38.